The predicted molar refractivity (Wildman–Crippen MR) is 55.0 cm³/mol. The summed E-state index contributed by atoms with van der Waals surface area (Å²) in [7, 11) is 0. The number of Topliss-reactive ketones (excluding diaryl/α,β-unsaturated/α-hetero) is 1. The first-order valence-corrected chi connectivity index (χ1v) is 5.42. The Morgan fingerprint density at radius 1 is 1.43 bits per heavy atom. The van der Waals surface area contributed by atoms with E-state index in [0.29, 0.717) is 36.0 Å². The van der Waals surface area contributed by atoms with E-state index in [1.54, 1.807) is 6.92 Å². The second kappa shape index (κ2) is 3.50. The smallest absolute Gasteiger partial charge is 0.158 e. The molecule has 0 saturated carbocycles. The fourth-order valence-electron chi connectivity index (χ4n) is 2.60. The van der Waals surface area contributed by atoms with E-state index in [1.165, 1.54) is 0 Å². The topological polar surface area (TPSA) is 26.3 Å². The van der Waals surface area contributed by atoms with Crippen molar-refractivity contribution in [1.82, 2.24) is 0 Å². The van der Waals surface area contributed by atoms with Crippen LogP contribution in [0, 0.1) is 11.8 Å². The van der Waals surface area contributed by atoms with Gasteiger partial charge < -0.3 is 4.74 Å². The lowest BCUT2D eigenvalue weighted by atomic mass is 9.80. The molecule has 2 saturated heterocycles. The van der Waals surface area contributed by atoms with Crippen molar-refractivity contribution >= 4 is 5.78 Å². The molecule has 2 fully saturated rings. The van der Waals surface area contributed by atoms with Crippen molar-refractivity contribution in [2.45, 2.75) is 45.3 Å². The molecule has 0 radical (unpaired) electrons. The lowest BCUT2D eigenvalue weighted by Gasteiger charge is -2.21. The molecule has 14 heavy (non-hydrogen) atoms. The third-order valence-electron chi connectivity index (χ3n) is 3.57. The minimum atomic E-state index is 0.207. The van der Waals surface area contributed by atoms with E-state index in [9.17, 15) is 4.79 Å². The van der Waals surface area contributed by atoms with E-state index in [1.807, 2.05) is 0 Å². The summed E-state index contributed by atoms with van der Waals surface area (Å²) in [6, 6.07) is 0. The van der Waals surface area contributed by atoms with Crippen molar-refractivity contribution in [1.29, 1.82) is 0 Å². The van der Waals surface area contributed by atoms with E-state index >= 15 is 0 Å². The molecule has 2 rings (SSSR count). The minimum absolute atomic E-state index is 0.207. The van der Waals surface area contributed by atoms with Crippen LogP contribution in [0.25, 0.3) is 0 Å². The SMILES string of the molecule is C=C(C)C(=O)CC1CC2OC1CC2C. The van der Waals surface area contributed by atoms with Gasteiger partial charge in [-0.1, -0.05) is 13.5 Å². The second-order valence-corrected chi connectivity index (χ2v) is 4.83. The number of carbonyl (C=O) groups excluding carboxylic acids is 1. The zero-order chi connectivity index (χ0) is 10.3. The molecule has 2 nitrogen and oxygen atoms in total. The van der Waals surface area contributed by atoms with Crippen LogP contribution >= 0.6 is 0 Å². The first kappa shape index (κ1) is 9.91. The van der Waals surface area contributed by atoms with Crippen LogP contribution in [0.4, 0.5) is 0 Å². The maximum atomic E-state index is 11.5. The molecule has 2 bridgehead atoms. The van der Waals surface area contributed by atoms with Crippen molar-refractivity contribution in [2.24, 2.45) is 11.8 Å². The van der Waals surface area contributed by atoms with Crippen LogP contribution in [-0.2, 0) is 9.53 Å². The van der Waals surface area contributed by atoms with Crippen molar-refractivity contribution in [3.05, 3.63) is 12.2 Å². The molecule has 2 aliphatic heterocycles. The molecule has 0 aromatic heterocycles. The molecule has 4 atom stereocenters. The van der Waals surface area contributed by atoms with Gasteiger partial charge in [0.2, 0.25) is 0 Å². The van der Waals surface area contributed by atoms with Crippen LogP contribution < -0.4 is 0 Å². The molecule has 0 spiro atoms. The van der Waals surface area contributed by atoms with E-state index in [-0.39, 0.29) is 5.78 Å². The van der Waals surface area contributed by atoms with Crippen LogP contribution in [0.3, 0.4) is 0 Å². The number of carbonyl (C=O) groups is 1. The molecule has 0 aromatic carbocycles. The fourth-order valence-corrected chi connectivity index (χ4v) is 2.60. The summed E-state index contributed by atoms with van der Waals surface area (Å²) >= 11 is 0. The maximum Gasteiger partial charge on any atom is 0.158 e. The highest BCUT2D eigenvalue weighted by atomic mass is 16.5. The van der Waals surface area contributed by atoms with Crippen molar-refractivity contribution in [3.8, 4) is 0 Å². The fraction of sp³-hybridized carbons (Fsp3) is 0.750. The number of fused-ring (bicyclic) bond motifs is 2. The number of ether oxygens (including phenoxy) is 1. The number of hydrogen-bond acceptors (Lipinski definition) is 2. The van der Waals surface area contributed by atoms with Crippen molar-refractivity contribution < 1.29 is 9.53 Å². The van der Waals surface area contributed by atoms with Gasteiger partial charge in [-0.15, -0.1) is 0 Å². The molecule has 2 heteroatoms. The quantitative estimate of drug-likeness (QED) is 0.644. The summed E-state index contributed by atoms with van der Waals surface area (Å²) in [6.45, 7) is 7.71. The molecule has 0 aromatic rings. The molecule has 2 aliphatic rings. The van der Waals surface area contributed by atoms with E-state index in [4.69, 9.17) is 4.74 Å². The zero-order valence-corrected chi connectivity index (χ0v) is 8.95. The molecule has 78 valence electrons. The lowest BCUT2D eigenvalue weighted by Crippen LogP contribution is -2.23. The summed E-state index contributed by atoms with van der Waals surface area (Å²) in [5.74, 6) is 1.36. The van der Waals surface area contributed by atoms with E-state index in [2.05, 4.69) is 13.5 Å². The number of hydrogen-bond donors (Lipinski definition) is 0. The molecule has 4 unspecified atom stereocenters. The number of allylic oxidation sites excluding steroid dienone is 1. The molecular formula is C12H18O2. The summed E-state index contributed by atoms with van der Waals surface area (Å²) in [4.78, 5) is 11.5. The first-order valence-electron chi connectivity index (χ1n) is 5.42. The van der Waals surface area contributed by atoms with Crippen LogP contribution in [0.2, 0.25) is 0 Å². The van der Waals surface area contributed by atoms with Crippen LogP contribution in [0.5, 0.6) is 0 Å². The average Bonchev–Trinajstić information content (AvgIpc) is 2.62. The summed E-state index contributed by atoms with van der Waals surface area (Å²) in [5.41, 5.74) is 0.681. The summed E-state index contributed by atoms with van der Waals surface area (Å²) in [6.07, 6.45) is 3.62. The molecule has 2 heterocycles. The summed E-state index contributed by atoms with van der Waals surface area (Å²) < 4.78 is 5.80. The van der Waals surface area contributed by atoms with Gasteiger partial charge in [-0.05, 0) is 37.2 Å². The van der Waals surface area contributed by atoms with Gasteiger partial charge in [-0.2, -0.15) is 0 Å². The zero-order valence-electron chi connectivity index (χ0n) is 8.95. The highest BCUT2D eigenvalue weighted by molar-refractivity contribution is 5.94. The third kappa shape index (κ3) is 1.63. The Morgan fingerprint density at radius 2 is 2.14 bits per heavy atom. The largest absolute Gasteiger partial charge is 0.374 e. The standard InChI is InChI=1S/C12H18O2/c1-7(2)10(13)5-9-6-11-8(3)4-12(9)14-11/h8-9,11-12H,1,4-6H2,2-3H3. The van der Waals surface area contributed by atoms with Gasteiger partial charge in [-0.25, -0.2) is 0 Å². The highest BCUT2D eigenvalue weighted by Gasteiger charge is 2.45. The highest BCUT2D eigenvalue weighted by Crippen LogP contribution is 2.43. The van der Waals surface area contributed by atoms with Gasteiger partial charge in [0.1, 0.15) is 0 Å². The predicted octanol–water partition coefficient (Wildman–Crippen LogP) is 2.34. The van der Waals surface area contributed by atoms with Crippen LogP contribution in [-0.4, -0.2) is 18.0 Å². The Hall–Kier alpha value is -0.630. The summed E-state index contributed by atoms with van der Waals surface area (Å²) in [5, 5.41) is 0. The first-order chi connectivity index (χ1) is 6.58. The number of ketones is 1. The average molecular weight is 194 g/mol. The Labute approximate surface area is 85.3 Å². The van der Waals surface area contributed by atoms with E-state index < -0.39 is 0 Å². The van der Waals surface area contributed by atoms with Crippen LogP contribution in [0.15, 0.2) is 12.2 Å². The lowest BCUT2D eigenvalue weighted by molar-refractivity contribution is -0.116. The van der Waals surface area contributed by atoms with Gasteiger partial charge in [0.25, 0.3) is 0 Å². The van der Waals surface area contributed by atoms with Gasteiger partial charge in [0, 0.05) is 6.42 Å². The maximum absolute atomic E-state index is 11.5. The Morgan fingerprint density at radius 3 is 2.57 bits per heavy atom. The van der Waals surface area contributed by atoms with Crippen molar-refractivity contribution in [2.75, 3.05) is 0 Å². The number of rotatable bonds is 3. The Balaban J connectivity index is 1.91. The Bertz CT molecular complexity index is 267. The second-order valence-electron chi connectivity index (χ2n) is 4.83. The van der Waals surface area contributed by atoms with Gasteiger partial charge in [-0.3, -0.25) is 4.79 Å². The minimum Gasteiger partial charge on any atom is -0.374 e. The Kier molecular flexibility index (Phi) is 2.48. The van der Waals surface area contributed by atoms with Gasteiger partial charge in [0.15, 0.2) is 5.78 Å². The van der Waals surface area contributed by atoms with Crippen LogP contribution in [0.1, 0.15) is 33.1 Å². The molecular weight excluding hydrogens is 176 g/mol. The third-order valence-corrected chi connectivity index (χ3v) is 3.57. The normalized spacial score (nSPS) is 40.1. The van der Waals surface area contributed by atoms with Gasteiger partial charge in [0.05, 0.1) is 12.2 Å². The van der Waals surface area contributed by atoms with E-state index in [0.717, 1.165) is 12.8 Å². The monoisotopic (exact) mass is 194 g/mol. The molecule has 0 aliphatic carbocycles. The molecule has 0 N–H and O–H groups in total. The van der Waals surface area contributed by atoms with Gasteiger partial charge >= 0.3 is 0 Å². The van der Waals surface area contributed by atoms with Crippen molar-refractivity contribution in [3.63, 3.8) is 0 Å². The molecule has 0 amide bonds.